The molecule has 2 aromatic carbocycles. The first-order valence-corrected chi connectivity index (χ1v) is 10.6. The zero-order valence-electron chi connectivity index (χ0n) is 17.6. The van der Waals surface area contributed by atoms with Crippen LogP contribution in [0.3, 0.4) is 0 Å². The molecule has 0 saturated heterocycles. The van der Waals surface area contributed by atoms with E-state index in [2.05, 4.69) is 49.5 Å². The summed E-state index contributed by atoms with van der Waals surface area (Å²) in [5.41, 5.74) is 5.53. The van der Waals surface area contributed by atoms with Crippen molar-refractivity contribution in [2.24, 2.45) is 7.05 Å². The zero-order valence-corrected chi connectivity index (χ0v) is 17.6. The lowest BCUT2D eigenvalue weighted by Crippen LogP contribution is -2.39. The summed E-state index contributed by atoms with van der Waals surface area (Å²) in [6, 6.07) is 16.6. The molecule has 2 aromatic heterocycles. The van der Waals surface area contributed by atoms with Crippen LogP contribution in [-0.2, 0) is 20.0 Å². The highest BCUT2D eigenvalue weighted by molar-refractivity contribution is 5.83. The van der Waals surface area contributed by atoms with Crippen LogP contribution in [0.4, 0.5) is 5.82 Å². The number of rotatable bonds is 6. The quantitative estimate of drug-likeness (QED) is 0.505. The van der Waals surface area contributed by atoms with E-state index in [1.54, 1.807) is 6.33 Å². The van der Waals surface area contributed by atoms with Gasteiger partial charge in [0.05, 0.1) is 17.3 Å². The van der Waals surface area contributed by atoms with Crippen molar-refractivity contribution in [2.75, 3.05) is 25.0 Å². The summed E-state index contributed by atoms with van der Waals surface area (Å²) in [4.78, 5) is 11.0. The van der Waals surface area contributed by atoms with E-state index in [1.165, 1.54) is 11.1 Å². The van der Waals surface area contributed by atoms with E-state index in [1.807, 2.05) is 42.2 Å². The van der Waals surface area contributed by atoms with Crippen LogP contribution in [0.15, 0.2) is 61.1 Å². The van der Waals surface area contributed by atoms with Gasteiger partial charge < -0.3 is 10.4 Å². The Morgan fingerprint density at radius 1 is 1.10 bits per heavy atom. The van der Waals surface area contributed by atoms with Crippen LogP contribution in [0.2, 0.25) is 0 Å². The molecular weight excluding hydrogens is 388 g/mol. The van der Waals surface area contributed by atoms with Crippen LogP contribution in [-0.4, -0.2) is 55.5 Å². The summed E-state index contributed by atoms with van der Waals surface area (Å²) in [5.74, 6) is 0.703. The minimum absolute atomic E-state index is 0.438. The molecule has 3 heterocycles. The van der Waals surface area contributed by atoms with Gasteiger partial charge in [0.2, 0.25) is 0 Å². The molecule has 1 aliphatic heterocycles. The summed E-state index contributed by atoms with van der Waals surface area (Å²) in [5, 5.41) is 19.4. The Morgan fingerprint density at radius 3 is 2.87 bits per heavy atom. The SMILES string of the molecule is Cn1cc2ccc(-c3cc(NCC(O)CN4CCc5ccccc5C4)ncn3)cc2n1. The van der Waals surface area contributed by atoms with Crippen LogP contribution < -0.4 is 5.32 Å². The summed E-state index contributed by atoms with van der Waals surface area (Å²) < 4.78 is 1.81. The molecule has 1 atom stereocenters. The number of fused-ring (bicyclic) bond motifs is 2. The first-order chi connectivity index (χ1) is 15.1. The van der Waals surface area contributed by atoms with Crippen molar-refractivity contribution in [3.8, 4) is 11.3 Å². The molecule has 4 aromatic rings. The molecule has 5 rings (SSSR count). The van der Waals surface area contributed by atoms with Gasteiger partial charge in [-0.15, -0.1) is 0 Å². The molecule has 2 N–H and O–H groups in total. The van der Waals surface area contributed by atoms with Gasteiger partial charge in [0.15, 0.2) is 0 Å². The molecule has 7 heteroatoms. The van der Waals surface area contributed by atoms with Crippen LogP contribution in [0.25, 0.3) is 22.2 Å². The monoisotopic (exact) mass is 414 g/mol. The number of nitrogens with zero attached hydrogens (tertiary/aromatic N) is 5. The topological polar surface area (TPSA) is 79.1 Å². The second-order valence-electron chi connectivity index (χ2n) is 8.15. The van der Waals surface area contributed by atoms with Crippen molar-refractivity contribution < 1.29 is 5.11 Å². The molecule has 0 radical (unpaired) electrons. The molecule has 0 fully saturated rings. The normalized spacial score (nSPS) is 15.0. The number of benzene rings is 2. The highest BCUT2D eigenvalue weighted by Crippen LogP contribution is 2.23. The van der Waals surface area contributed by atoms with Crippen molar-refractivity contribution in [3.05, 3.63) is 72.2 Å². The molecule has 0 spiro atoms. The van der Waals surface area contributed by atoms with Gasteiger partial charge in [0.1, 0.15) is 12.1 Å². The van der Waals surface area contributed by atoms with Gasteiger partial charge in [0, 0.05) is 56.4 Å². The number of aliphatic hydroxyl groups excluding tert-OH is 1. The second kappa shape index (κ2) is 8.45. The Morgan fingerprint density at radius 2 is 1.97 bits per heavy atom. The summed E-state index contributed by atoms with van der Waals surface area (Å²) in [7, 11) is 1.92. The predicted octanol–water partition coefficient (Wildman–Crippen LogP) is 2.86. The Balaban J connectivity index is 1.20. The van der Waals surface area contributed by atoms with Crippen LogP contribution in [0.1, 0.15) is 11.1 Å². The zero-order chi connectivity index (χ0) is 21.2. The molecule has 158 valence electrons. The van der Waals surface area contributed by atoms with Gasteiger partial charge in [-0.2, -0.15) is 5.10 Å². The minimum Gasteiger partial charge on any atom is -0.390 e. The summed E-state index contributed by atoms with van der Waals surface area (Å²) in [6.07, 6.45) is 4.10. The smallest absolute Gasteiger partial charge is 0.130 e. The maximum absolute atomic E-state index is 10.6. The minimum atomic E-state index is -0.478. The number of nitrogens with one attached hydrogen (secondary N) is 1. The van der Waals surface area contributed by atoms with Gasteiger partial charge >= 0.3 is 0 Å². The number of hydrogen-bond donors (Lipinski definition) is 2. The number of aliphatic hydroxyl groups is 1. The fourth-order valence-electron chi connectivity index (χ4n) is 4.21. The molecule has 7 nitrogen and oxygen atoms in total. The predicted molar refractivity (Wildman–Crippen MR) is 122 cm³/mol. The third-order valence-electron chi connectivity index (χ3n) is 5.78. The van der Waals surface area contributed by atoms with E-state index in [4.69, 9.17) is 0 Å². The summed E-state index contributed by atoms with van der Waals surface area (Å²) >= 11 is 0. The third kappa shape index (κ3) is 4.42. The van der Waals surface area contributed by atoms with E-state index in [0.29, 0.717) is 18.9 Å². The first kappa shape index (κ1) is 19.7. The fraction of sp³-hybridized carbons (Fsp3) is 0.292. The Bertz CT molecular complexity index is 1200. The van der Waals surface area contributed by atoms with E-state index in [0.717, 1.165) is 41.7 Å². The van der Waals surface area contributed by atoms with Crippen molar-refractivity contribution >= 4 is 16.7 Å². The van der Waals surface area contributed by atoms with Gasteiger partial charge in [-0.1, -0.05) is 36.4 Å². The lowest BCUT2D eigenvalue weighted by molar-refractivity contribution is 0.114. The average Bonchev–Trinajstić information content (AvgIpc) is 3.17. The molecule has 1 aliphatic rings. The lowest BCUT2D eigenvalue weighted by atomic mass is 10.00. The Hall–Kier alpha value is -3.29. The van der Waals surface area contributed by atoms with Crippen molar-refractivity contribution in [1.82, 2.24) is 24.6 Å². The molecule has 31 heavy (non-hydrogen) atoms. The molecule has 0 bridgehead atoms. The van der Waals surface area contributed by atoms with Crippen molar-refractivity contribution in [2.45, 2.75) is 19.1 Å². The van der Waals surface area contributed by atoms with Gasteiger partial charge in [-0.05, 0) is 23.6 Å². The maximum atomic E-state index is 10.6. The Labute approximate surface area is 181 Å². The molecule has 0 aliphatic carbocycles. The van der Waals surface area contributed by atoms with Gasteiger partial charge in [-0.25, -0.2) is 9.97 Å². The van der Waals surface area contributed by atoms with E-state index < -0.39 is 6.10 Å². The molecule has 0 saturated carbocycles. The van der Waals surface area contributed by atoms with Crippen molar-refractivity contribution in [3.63, 3.8) is 0 Å². The van der Waals surface area contributed by atoms with Crippen LogP contribution in [0, 0.1) is 0 Å². The van der Waals surface area contributed by atoms with E-state index >= 15 is 0 Å². The summed E-state index contributed by atoms with van der Waals surface area (Å²) in [6.45, 7) is 2.94. The van der Waals surface area contributed by atoms with E-state index in [-0.39, 0.29) is 0 Å². The lowest BCUT2D eigenvalue weighted by Gasteiger charge is -2.30. The number of hydrogen-bond acceptors (Lipinski definition) is 6. The highest BCUT2D eigenvalue weighted by Gasteiger charge is 2.18. The molecular formula is C24H26N6O. The number of aryl methyl sites for hydroxylation is 1. The highest BCUT2D eigenvalue weighted by atomic mass is 16.3. The largest absolute Gasteiger partial charge is 0.390 e. The number of anilines is 1. The average molecular weight is 415 g/mol. The van der Waals surface area contributed by atoms with Crippen LogP contribution in [0.5, 0.6) is 0 Å². The van der Waals surface area contributed by atoms with Crippen molar-refractivity contribution in [1.29, 1.82) is 0 Å². The van der Waals surface area contributed by atoms with Crippen LogP contribution >= 0.6 is 0 Å². The fourth-order valence-corrected chi connectivity index (χ4v) is 4.21. The van der Waals surface area contributed by atoms with Gasteiger partial charge in [0.25, 0.3) is 0 Å². The number of β-amino-alcohol motifs (C(OH)–C–C–N with tert-alkyl or cyclic N) is 1. The maximum Gasteiger partial charge on any atom is 0.130 e. The van der Waals surface area contributed by atoms with Gasteiger partial charge in [-0.3, -0.25) is 9.58 Å². The second-order valence-corrected chi connectivity index (χ2v) is 8.15. The standard InChI is InChI=1S/C24H26N6O/c1-29-13-20-7-6-18(10-23(20)28-29)22-11-24(27-16-26-22)25-12-21(31)15-30-9-8-17-4-2-3-5-19(17)14-30/h2-7,10-11,13,16,21,31H,8-9,12,14-15H2,1H3,(H,25,26,27). The Kier molecular flexibility index (Phi) is 5.36. The molecule has 1 unspecified atom stereocenters. The first-order valence-electron chi connectivity index (χ1n) is 10.6. The molecule has 0 amide bonds. The van der Waals surface area contributed by atoms with E-state index in [9.17, 15) is 5.11 Å². The third-order valence-corrected chi connectivity index (χ3v) is 5.78. The number of aromatic nitrogens is 4.